The van der Waals surface area contributed by atoms with Crippen LogP contribution in [0.3, 0.4) is 0 Å². The molecule has 0 aliphatic carbocycles. The molecule has 1 heteroatoms. The van der Waals surface area contributed by atoms with Gasteiger partial charge in [0.25, 0.3) is 0 Å². The second-order valence-corrected chi connectivity index (χ2v) is 5.98. The fourth-order valence-electron chi connectivity index (χ4n) is 2.35. The van der Waals surface area contributed by atoms with Gasteiger partial charge in [0.2, 0.25) is 0 Å². The lowest BCUT2D eigenvalue weighted by Gasteiger charge is -2.56. The van der Waals surface area contributed by atoms with E-state index in [-0.39, 0.29) is 0 Å². The highest BCUT2D eigenvalue weighted by molar-refractivity contribution is 4.98. The van der Waals surface area contributed by atoms with Gasteiger partial charge in [0.1, 0.15) is 0 Å². The molecule has 0 radical (unpaired) electrons. The molecule has 1 nitrogen and oxygen atoms in total. The van der Waals surface area contributed by atoms with Gasteiger partial charge in [-0.3, -0.25) is 4.90 Å². The molecule has 14 heavy (non-hydrogen) atoms. The lowest BCUT2D eigenvalue weighted by molar-refractivity contribution is -0.0669. The van der Waals surface area contributed by atoms with Gasteiger partial charge >= 0.3 is 0 Å². The first-order chi connectivity index (χ1) is 6.43. The molecule has 0 aromatic rings. The fraction of sp³-hybridized carbons (Fsp3) is 1.00. The highest BCUT2D eigenvalue weighted by Gasteiger charge is 2.44. The second kappa shape index (κ2) is 4.22. The summed E-state index contributed by atoms with van der Waals surface area (Å²) in [5.74, 6) is 0. The first-order valence-corrected chi connectivity index (χ1v) is 6.18. The summed E-state index contributed by atoms with van der Waals surface area (Å²) in [6.45, 7) is 14.3. The summed E-state index contributed by atoms with van der Waals surface area (Å²) in [6.07, 6.45) is 5.55. The Morgan fingerprint density at radius 2 is 1.71 bits per heavy atom. The van der Waals surface area contributed by atoms with Crippen LogP contribution in [0.15, 0.2) is 0 Å². The van der Waals surface area contributed by atoms with E-state index in [1.54, 1.807) is 0 Å². The maximum Gasteiger partial charge on any atom is 0.0125 e. The molecule has 0 atom stereocenters. The monoisotopic (exact) mass is 197 g/mol. The quantitative estimate of drug-likeness (QED) is 0.664. The van der Waals surface area contributed by atoms with E-state index in [4.69, 9.17) is 0 Å². The molecule has 0 unspecified atom stereocenters. The summed E-state index contributed by atoms with van der Waals surface area (Å²) < 4.78 is 0. The highest BCUT2D eigenvalue weighted by atomic mass is 15.3. The Bertz CT molecular complexity index is 172. The Morgan fingerprint density at radius 1 is 1.14 bits per heavy atom. The number of hydrogen-bond acceptors (Lipinski definition) is 1. The van der Waals surface area contributed by atoms with Gasteiger partial charge in [-0.05, 0) is 39.0 Å². The Hall–Kier alpha value is -0.0400. The Balaban J connectivity index is 2.40. The molecule has 1 fully saturated rings. The molecule has 0 spiro atoms. The predicted molar refractivity (Wildman–Crippen MR) is 63.6 cm³/mol. The van der Waals surface area contributed by atoms with Crippen molar-refractivity contribution < 1.29 is 0 Å². The molecule has 0 bridgehead atoms. The van der Waals surface area contributed by atoms with E-state index in [0.717, 1.165) is 0 Å². The third-order valence-electron chi connectivity index (χ3n) is 3.81. The standard InChI is InChI=1S/C13H27N/c1-6-8-9-13(7-2)10-14(11-13)12(3,4)5/h6-11H2,1-5H3. The van der Waals surface area contributed by atoms with Gasteiger partial charge in [0, 0.05) is 18.6 Å². The van der Waals surface area contributed by atoms with Crippen LogP contribution < -0.4 is 0 Å². The van der Waals surface area contributed by atoms with Crippen LogP contribution in [0, 0.1) is 5.41 Å². The average molecular weight is 197 g/mol. The second-order valence-electron chi connectivity index (χ2n) is 5.98. The molecule has 84 valence electrons. The maximum absolute atomic E-state index is 2.62. The molecule has 0 amide bonds. The zero-order valence-corrected chi connectivity index (χ0v) is 10.7. The number of hydrogen-bond donors (Lipinski definition) is 0. The molecular formula is C13H27N. The predicted octanol–water partition coefficient (Wildman–Crippen LogP) is 3.69. The van der Waals surface area contributed by atoms with Crippen molar-refractivity contribution >= 4 is 0 Å². The van der Waals surface area contributed by atoms with E-state index < -0.39 is 0 Å². The van der Waals surface area contributed by atoms with Gasteiger partial charge in [-0.2, -0.15) is 0 Å². The smallest absolute Gasteiger partial charge is 0.0125 e. The summed E-state index contributed by atoms with van der Waals surface area (Å²) in [4.78, 5) is 2.62. The molecule has 0 N–H and O–H groups in total. The van der Waals surface area contributed by atoms with Crippen LogP contribution in [-0.2, 0) is 0 Å². The Morgan fingerprint density at radius 3 is 2.07 bits per heavy atom. The number of nitrogens with zero attached hydrogens (tertiary/aromatic N) is 1. The van der Waals surface area contributed by atoms with E-state index in [1.807, 2.05) is 0 Å². The molecule has 0 saturated carbocycles. The van der Waals surface area contributed by atoms with Gasteiger partial charge in [0.05, 0.1) is 0 Å². The van der Waals surface area contributed by atoms with Crippen molar-refractivity contribution in [2.75, 3.05) is 13.1 Å². The summed E-state index contributed by atoms with van der Waals surface area (Å²) in [7, 11) is 0. The van der Waals surface area contributed by atoms with Gasteiger partial charge in [0.15, 0.2) is 0 Å². The molecule has 1 rings (SSSR count). The topological polar surface area (TPSA) is 3.24 Å². The number of unbranched alkanes of at least 4 members (excludes halogenated alkanes) is 1. The van der Waals surface area contributed by atoms with E-state index >= 15 is 0 Å². The molecule has 1 heterocycles. The van der Waals surface area contributed by atoms with Crippen molar-refractivity contribution in [1.82, 2.24) is 4.90 Å². The minimum Gasteiger partial charge on any atom is -0.297 e. The average Bonchev–Trinajstić information content (AvgIpc) is 2.01. The largest absolute Gasteiger partial charge is 0.297 e. The summed E-state index contributed by atoms with van der Waals surface area (Å²) >= 11 is 0. The van der Waals surface area contributed by atoms with Crippen molar-refractivity contribution in [2.45, 2.75) is 65.8 Å². The van der Waals surface area contributed by atoms with Crippen LogP contribution in [0.25, 0.3) is 0 Å². The van der Waals surface area contributed by atoms with E-state index in [9.17, 15) is 0 Å². The normalized spacial score (nSPS) is 22.1. The lowest BCUT2D eigenvalue weighted by atomic mass is 9.71. The maximum atomic E-state index is 2.62. The summed E-state index contributed by atoms with van der Waals surface area (Å²) in [5, 5.41) is 0. The van der Waals surface area contributed by atoms with E-state index in [2.05, 4.69) is 39.5 Å². The Labute approximate surface area is 89.9 Å². The fourth-order valence-corrected chi connectivity index (χ4v) is 2.35. The van der Waals surface area contributed by atoms with Crippen molar-refractivity contribution in [1.29, 1.82) is 0 Å². The van der Waals surface area contributed by atoms with Crippen molar-refractivity contribution in [3.8, 4) is 0 Å². The third kappa shape index (κ3) is 2.50. The number of likely N-dealkylation sites (tertiary alicyclic amines) is 1. The summed E-state index contributed by atoms with van der Waals surface area (Å²) in [6, 6.07) is 0. The third-order valence-corrected chi connectivity index (χ3v) is 3.81. The molecule has 0 aromatic carbocycles. The first kappa shape index (κ1) is 12.0. The van der Waals surface area contributed by atoms with Crippen molar-refractivity contribution in [3.05, 3.63) is 0 Å². The molecule has 0 aromatic heterocycles. The zero-order valence-electron chi connectivity index (χ0n) is 10.7. The SMILES string of the molecule is CCCCC1(CC)CN(C(C)(C)C)C1. The first-order valence-electron chi connectivity index (χ1n) is 6.18. The van der Waals surface area contributed by atoms with E-state index in [1.165, 1.54) is 38.8 Å². The Kier molecular flexibility index (Phi) is 3.63. The minimum absolute atomic E-state index is 0.380. The van der Waals surface area contributed by atoms with E-state index in [0.29, 0.717) is 11.0 Å². The van der Waals surface area contributed by atoms with Crippen LogP contribution >= 0.6 is 0 Å². The van der Waals surface area contributed by atoms with Gasteiger partial charge < -0.3 is 0 Å². The minimum atomic E-state index is 0.380. The summed E-state index contributed by atoms with van der Waals surface area (Å²) in [5.41, 5.74) is 1.05. The molecular weight excluding hydrogens is 170 g/mol. The zero-order chi connectivity index (χ0) is 10.8. The lowest BCUT2D eigenvalue weighted by Crippen LogP contribution is -2.62. The molecule has 1 aliphatic heterocycles. The molecule has 1 aliphatic rings. The van der Waals surface area contributed by atoms with Crippen LogP contribution in [0.5, 0.6) is 0 Å². The van der Waals surface area contributed by atoms with Crippen molar-refractivity contribution in [2.24, 2.45) is 5.41 Å². The van der Waals surface area contributed by atoms with Crippen LogP contribution in [0.1, 0.15) is 60.3 Å². The highest BCUT2D eigenvalue weighted by Crippen LogP contribution is 2.41. The number of rotatable bonds is 4. The van der Waals surface area contributed by atoms with Gasteiger partial charge in [-0.1, -0.05) is 26.7 Å². The van der Waals surface area contributed by atoms with Crippen LogP contribution in [0.4, 0.5) is 0 Å². The van der Waals surface area contributed by atoms with Gasteiger partial charge in [-0.15, -0.1) is 0 Å². The van der Waals surface area contributed by atoms with Gasteiger partial charge in [-0.25, -0.2) is 0 Å². The van der Waals surface area contributed by atoms with Crippen LogP contribution in [0.2, 0.25) is 0 Å². The molecule has 1 saturated heterocycles. The van der Waals surface area contributed by atoms with Crippen molar-refractivity contribution in [3.63, 3.8) is 0 Å². The van der Waals surface area contributed by atoms with Crippen LogP contribution in [-0.4, -0.2) is 23.5 Å².